The number of fused-ring (bicyclic) bond motifs is 2. The largest absolute Gasteiger partial charge is 0.373 e. The Balaban J connectivity index is 1.37. The number of hydrogen-bond donors (Lipinski definition) is 2. The van der Waals surface area contributed by atoms with Gasteiger partial charge in [0.1, 0.15) is 18.0 Å². The van der Waals surface area contributed by atoms with Crippen LogP contribution in [0.5, 0.6) is 0 Å². The molecule has 5 rings (SSSR count). The van der Waals surface area contributed by atoms with E-state index in [4.69, 9.17) is 0 Å². The number of hydrogen-bond acceptors (Lipinski definition) is 6. The molecule has 1 unspecified atom stereocenters. The van der Waals surface area contributed by atoms with Gasteiger partial charge in [-0.2, -0.15) is 0 Å². The van der Waals surface area contributed by atoms with Gasteiger partial charge in [0.25, 0.3) is 0 Å². The van der Waals surface area contributed by atoms with Crippen molar-refractivity contribution in [3.05, 3.63) is 78.1 Å². The molecule has 1 aliphatic heterocycles. The zero-order valence-electron chi connectivity index (χ0n) is 16.2. The molecule has 0 spiro atoms. The molecule has 0 saturated heterocycles. The van der Waals surface area contributed by atoms with Crippen molar-refractivity contribution in [2.24, 2.45) is 7.05 Å². The monoisotopic (exact) mass is 398 g/mol. The highest BCUT2D eigenvalue weighted by molar-refractivity contribution is 6.16. The predicted octanol–water partition coefficient (Wildman–Crippen LogP) is 2.57. The summed E-state index contributed by atoms with van der Waals surface area (Å²) in [6.07, 6.45) is 8.44. The fourth-order valence-corrected chi connectivity index (χ4v) is 3.77. The fourth-order valence-electron chi connectivity index (χ4n) is 3.77. The molecule has 4 heterocycles. The third-order valence-corrected chi connectivity index (χ3v) is 5.24. The number of rotatable bonds is 4. The van der Waals surface area contributed by atoms with Crippen LogP contribution in [-0.4, -0.2) is 37.3 Å². The third-order valence-electron chi connectivity index (χ3n) is 5.24. The Bertz CT molecular complexity index is 1270. The fraction of sp³-hybridized carbons (Fsp3) is 0.136. The van der Waals surface area contributed by atoms with Crippen LogP contribution in [0.3, 0.4) is 0 Å². The molecule has 3 aromatic heterocycles. The minimum atomic E-state index is -0.364. The molecule has 4 aromatic rings. The van der Waals surface area contributed by atoms with Crippen LogP contribution >= 0.6 is 0 Å². The van der Waals surface area contributed by atoms with Crippen molar-refractivity contribution < 1.29 is 9.59 Å². The van der Waals surface area contributed by atoms with Crippen LogP contribution in [0.1, 0.15) is 21.5 Å². The maximum Gasteiger partial charge on any atom is 0.247 e. The number of pyridine rings is 1. The minimum Gasteiger partial charge on any atom is -0.373 e. The number of carbonyl (C=O) groups excluding carboxylic acids is 2. The van der Waals surface area contributed by atoms with E-state index in [0.717, 1.165) is 11.3 Å². The molecule has 30 heavy (non-hydrogen) atoms. The average Bonchev–Trinajstić information content (AvgIpc) is 3.35. The van der Waals surface area contributed by atoms with E-state index in [1.807, 2.05) is 31.3 Å². The number of carbonyl (C=O) groups is 2. The van der Waals surface area contributed by atoms with Crippen LogP contribution in [0, 0.1) is 0 Å². The molecular weight excluding hydrogens is 380 g/mol. The third kappa shape index (κ3) is 3.08. The highest BCUT2D eigenvalue weighted by Gasteiger charge is 2.26. The smallest absolute Gasteiger partial charge is 0.247 e. The topological polar surface area (TPSA) is 102 Å². The molecule has 148 valence electrons. The van der Waals surface area contributed by atoms with Gasteiger partial charge in [0.05, 0.1) is 17.4 Å². The second-order valence-corrected chi connectivity index (χ2v) is 7.25. The molecule has 8 heteroatoms. The number of nitrogens with one attached hydrogen (secondary N) is 2. The molecule has 0 fully saturated rings. The van der Waals surface area contributed by atoms with Gasteiger partial charge in [-0.3, -0.25) is 14.6 Å². The first kappa shape index (κ1) is 18.0. The minimum absolute atomic E-state index is 0.170. The summed E-state index contributed by atoms with van der Waals surface area (Å²) in [6, 6.07) is 9.12. The molecule has 0 aliphatic carbocycles. The number of para-hydroxylation sites is 1. The number of amides is 1. The zero-order chi connectivity index (χ0) is 20.7. The molecule has 8 nitrogen and oxygen atoms in total. The van der Waals surface area contributed by atoms with Gasteiger partial charge in [0.15, 0.2) is 5.78 Å². The summed E-state index contributed by atoms with van der Waals surface area (Å²) in [6.45, 7) is 0. The summed E-state index contributed by atoms with van der Waals surface area (Å²) >= 11 is 0. The van der Waals surface area contributed by atoms with Gasteiger partial charge in [-0.05, 0) is 17.7 Å². The molecule has 1 aliphatic rings. The molecule has 0 radical (unpaired) electrons. The summed E-state index contributed by atoms with van der Waals surface area (Å²) in [5, 5.41) is 6.76. The lowest BCUT2D eigenvalue weighted by Crippen LogP contribution is -2.32. The van der Waals surface area contributed by atoms with Crippen LogP contribution in [0.4, 0.5) is 11.4 Å². The molecule has 1 atom stereocenters. The average molecular weight is 398 g/mol. The normalized spacial score (nSPS) is 14.9. The summed E-state index contributed by atoms with van der Waals surface area (Å²) in [4.78, 5) is 38.2. The molecular formula is C22H18N6O2. The Labute approximate surface area is 172 Å². The number of benzene rings is 1. The quantitative estimate of drug-likeness (QED) is 0.513. The van der Waals surface area contributed by atoms with E-state index in [0.29, 0.717) is 34.3 Å². The van der Waals surface area contributed by atoms with E-state index in [1.165, 1.54) is 18.7 Å². The highest BCUT2D eigenvalue weighted by Crippen LogP contribution is 2.26. The Morgan fingerprint density at radius 2 is 2.03 bits per heavy atom. The van der Waals surface area contributed by atoms with Gasteiger partial charge >= 0.3 is 0 Å². The maximum absolute atomic E-state index is 13.1. The Kier molecular flexibility index (Phi) is 4.24. The highest BCUT2D eigenvalue weighted by atomic mass is 16.2. The summed E-state index contributed by atoms with van der Waals surface area (Å²) in [5.74, 6) is -0.374. The van der Waals surface area contributed by atoms with Gasteiger partial charge in [0.2, 0.25) is 5.91 Å². The Hall–Kier alpha value is -4.07. The van der Waals surface area contributed by atoms with Crippen LogP contribution in [0.2, 0.25) is 0 Å². The standard InChI is InChI=1S/C22H18N6O2/c1-28-11-17(16-10-24-12-25-21(16)28)20(29)14-6-15(9-23-8-14)26-22(30)19-7-13-4-2-3-5-18(13)27-19/h2-6,8-12,19,27H,7H2,1H3,(H,26,30). The summed E-state index contributed by atoms with van der Waals surface area (Å²) < 4.78 is 1.78. The lowest BCUT2D eigenvalue weighted by atomic mass is 10.1. The van der Waals surface area contributed by atoms with Crippen LogP contribution in [0.25, 0.3) is 11.0 Å². The van der Waals surface area contributed by atoms with Crippen molar-refractivity contribution in [1.82, 2.24) is 19.5 Å². The molecule has 1 amide bonds. The van der Waals surface area contributed by atoms with E-state index < -0.39 is 0 Å². The van der Waals surface area contributed by atoms with Crippen LogP contribution < -0.4 is 10.6 Å². The molecule has 1 aromatic carbocycles. The van der Waals surface area contributed by atoms with E-state index in [2.05, 4.69) is 25.6 Å². The van der Waals surface area contributed by atoms with Gasteiger partial charge in [-0.1, -0.05) is 18.2 Å². The molecule has 0 bridgehead atoms. The predicted molar refractivity (Wildman–Crippen MR) is 112 cm³/mol. The first-order valence-electron chi connectivity index (χ1n) is 9.50. The summed E-state index contributed by atoms with van der Waals surface area (Å²) in [5.41, 5.74) is 4.10. The van der Waals surface area contributed by atoms with Crippen molar-refractivity contribution in [1.29, 1.82) is 0 Å². The number of ketones is 1. The lowest BCUT2D eigenvalue weighted by molar-refractivity contribution is -0.116. The van der Waals surface area contributed by atoms with E-state index in [9.17, 15) is 9.59 Å². The Morgan fingerprint density at radius 3 is 2.90 bits per heavy atom. The van der Waals surface area contributed by atoms with Gasteiger partial charge in [-0.15, -0.1) is 0 Å². The first-order chi connectivity index (χ1) is 14.6. The maximum atomic E-state index is 13.1. The molecule has 2 N–H and O–H groups in total. The SMILES string of the molecule is Cn1cc(C(=O)c2cncc(NC(=O)C3Cc4ccccc4N3)c2)c2cncnc21. The Morgan fingerprint density at radius 1 is 1.17 bits per heavy atom. The first-order valence-corrected chi connectivity index (χ1v) is 9.50. The van der Waals surface area contributed by atoms with Crippen LogP contribution in [0.15, 0.2) is 61.4 Å². The number of nitrogens with zero attached hydrogens (tertiary/aromatic N) is 4. The van der Waals surface area contributed by atoms with Gasteiger partial charge < -0.3 is 15.2 Å². The number of anilines is 2. The van der Waals surface area contributed by atoms with Crippen LogP contribution in [-0.2, 0) is 18.3 Å². The van der Waals surface area contributed by atoms with Crippen molar-refractivity contribution in [3.63, 3.8) is 0 Å². The summed E-state index contributed by atoms with van der Waals surface area (Å²) in [7, 11) is 1.83. The van der Waals surface area contributed by atoms with Crippen molar-refractivity contribution in [2.75, 3.05) is 10.6 Å². The second kappa shape index (κ2) is 7.07. The van der Waals surface area contributed by atoms with Gasteiger partial charge in [0, 0.05) is 48.7 Å². The number of aromatic nitrogens is 4. The van der Waals surface area contributed by atoms with E-state index >= 15 is 0 Å². The molecule has 0 saturated carbocycles. The van der Waals surface area contributed by atoms with Crippen molar-refractivity contribution in [2.45, 2.75) is 12.5 Å². The zero-order valence-corrected chi connectivity index (χ0v) is 16.2. The van der Waals surface area contributed by atoms with Crippen molar-refractivity contribution in [3.8, 4) is 0 Å². The lowest BCUT2D eigenvalue weighted by Gasteiger charge is -2.12. The van der Waals surface area contributed by atoms with Gasteiger partial charge in [-0.25, -0.2) is 9.97 Å². The van der Waals surface area contributed by atoms with E-state index in [1.54, 1.807) is 23.0 Å². The number of aryl methyl sites for hydroxylation is 1. The van der Waals surface area contributed by atoms with E-state index in [-0.39, 0.29) is 17.7 Å². The second-order valence-electron chi connectivity index (χ2n) is 7.25. The van der Waals surface area contributed by atoms with Crippen molar-refractivity contribution >= 4 is 34.1 Å².